The minimum absolute atomic E-state index is 0.0977. The standard InChI is InChI=1S/C12H21NO2/c1-10(2)11(3)5-6-12(10,7-8(11)14)9(15)13-4/h8,14H,5-7H2,1-4H3,(H,13,15). The summed E-state index contributed by atoms with van der Waals surface area (Å²) in [6.45, 7) is 6.38. The third-order valence-electron chi connectivity index (χ3n) is 5.63. The number of carbonyl (C=O) groups excluding carboxylic acids is 1. The van der Waals surface area contributed by atoms with Crippen LogP contribution in [0.3, 0.4) is 0 Å². The summed E-state index contributed by atoms with van der Waals surface area (Å²) in [5, 5.41) is 12.9. The molecule has 1 amide bonds. The van der Waals surface area contributed by atoms with Gasteiger partial charge in [0.05, 0.1) is 11.5 Å². The van der Waals surface area contributed by atoms with E-state index in [1.165, 1.54) is 0 Å². The van der Waals surface area contributed by atoms with Crippen LogP contribution in [0.1, 0.15) is 40.0 Å². The first kappa shape index (κ1) is 10.9. The molecule has 15 heavy (non-hydrogen) atoms. The zero-order valence-electron chi connectivity index (χ0n) is 10.1. The molecule has 3 unspecified atom stereocenters. The molecule has 2 rings (SSSR count). The van der Waals surface area contributed by atoms with Crippen molar-refractivity contribution in [3.63, 3.8) is 0 Å². The number of aliphatic hydroxyl groups is 1. The highest BCUT2D eigenvalue weighted by Crippen LogP contribution is 2.72. The molecule has 3 heteroatoms. The molecule has 2 aliphatic carbocycles. The summed E-state index contributed by atoms with van der Waals surface area (Å²) in [6.07, 6.45) is 2.15. The Hall–Kier alpha value is -0.570. The van der Waals surface area contributed by atoms with Gasteiger partial charge in [0.25, 0.3) is 0 Å². The zero-order chi connectivity index (χ0) is 11.5. The molecule has 3 nitrogen and oxygen atoms in total. The molecule has 0 spiro atoms. The van der Waals surface area contributed by atoms with Crippen LogP contribution in [0.25, 0.3) is 0 Å². The molecule has 0 aliphatic heterocycles. The van der Waals surface area contributed by atoms with Crippen LogP contribution in [0.5, 0.6) is 0 Å². The average Bonchev–Trinajstić information content (AvgIpc) is 2.47. The lowest BCUT2D eigenvalue weighted by molar-refractivity contribution is -0.135. The summed E-state index contributed by atoms with van der Waals surface area (Å²) in [5.74, 6) is 0.104. The third kappa shape index (κ3) is 0.930. The van der Waals surface area contributed by atoms with E-state index in [-0.39, 0.29) is 28.3 Å². The van der Waals surface area contributed by atoms with Gasteiger partial charge in [0, 0.05) is 7.05 Å². The maximum atomic E-state index is 12.1. The number of rotatable bonds is 1. The molecule has 0 saturated heterocycles. The van der Waals surface area contributed by atoms with Crippen molar-refractivity contribution in [3.05, 3.63) is 0 Å². The van der Waals surface area contributed by atoms with Crippen LogP contribution in [0.15, 0.2) is 0 Å². The van der Waals surface area contributed by atoms with Gasteiger partial charge < -0.3 is 10.4 Å². The van der Waals surface area contributed by atoms with E-state index in [2.05, 4.69) is 26.1 Å². The fraction of sp³-hybridized carbons (Fsp3) is 0.917. The van der Waals surface area contributed by atoms with E-state index in [9.17, 15) is 9.90 Å². The minimum atomic E-state index is -0.351. The molecule has 2 saturated carbocycles. The van der Waals surface area contributed by atoms with Gasteiger partial charge in [0.15, 0.2) is 0 Å². The van der Waals surface area contributed by atoms with Crippen LogP contribution in [-0.2, 0) is 4.79 Å². The van der Waals surface area contributed by atoms with Crippen molar-refractivity contribution in [2.45, 2.75) is 46.1 Å². The number of hydrogen-bond donors (Lipinski definition) is 2. The molecule has 0 aromatic heterocycles. The van der Waals surface area contributed by atoms with Crippen LogP contribution in [0.2, 0.25) is 0 Å². The number of nitrogens with one attached hydrogen (secondary N) is 1. The maximum absolute atomic E-state index is 12.1. The predicted molar refractivity (Wildman–Crippen MR) is 58.2 cm³/mol. The summed E-state index contributed by atoms with van der Waals surface area (Å²) in [6, 6.07) is 0. The quantitative estimate of drug-likeness (QED) is 0.687. The molecule has 2 fully saturated rings. The normalized spacial score (nSPS) is 46.9. The third-order valence-corrected chi connectivity index (χ3v) is 5.63. The highest BCUT2D eigenvalue weighted by molar-refractivity contribution is 5.84. The van der Waals surface area contributed by atoms with Gasteiger partial charge in [-0.15, -0.1) is 0 Å². The second-order valence-corrected chi connectivity index (χ2v) is 5.92. The van der Waals surface area contributed by atoms with Gasteiger partial charge in [-0.1, -0.05) is 20.8 Å². The topological polar surface area (TPSA) is 49.3 Å². The van der Waals surface area contributed by atoms with Crippen molar-refractivity contribution < 1.29 is 9.90 Å². The van der Waals surface area contributed by atoms with Gasteiger partial charge in [-0.25, -0.2) is 0 Å². The molecule has 86 valence electrons. The Balaban J connectivity index is 2.49. The van der Waals surface area contributed by atoms with E-state index in [0.717, 1.165) is 12.8 Å². The van der Waals surface area contributed by atoms with E-state index < -0.39 is 0 Å². The number of aliphatic hydroxyl groups excluding tert-OH is 1. The fourth-order valence-electron chi connectivity index (χ4n) is 3.87. The molecule has 2 N–H and O–H groups in total. The van der Waals surface area contributed by atoms with E-state index in [0.29, 0.717) is 6.42 Å². The largest absolute Gasteiger partial charge is 0.393 e. The average molecular weight is 211 g/mol. The SMILES string of the molecule is CNC(=O)C12CCC(C)(C(O)C1)C2(C)C. The molecule has 0 radical (unpaired) electrons. The van der Waals surface area contributed by atoms with Gasteiger partial charge in [0.2, 0.25) is 5.91 Å². The van der Waals surface area contributed by atoms with E-state index in [1.807, 2.05) is 0 Å². The van der Waals surface area contributed by atoms with Crippen molar-refractivity contribution in [2.75, 3.05) is 7.05 Å². The van der Waals surface area contributed by atoms with Crippen molar-refractivity contribution in [1.82, 2.24) is 5.32 Å². The first-order chi connectivity index (χ1) is 6.82. The van der Waals surface area contributed by atoms with Crippen LogP contribution >= 0.6 is 0 Å². The molecule has 2 bridgehead atoms. The minimum Gasteiger partial charge on any atom is -0.393 e. The summed E-state index contributed by atoms with van der Waals surface area (Å²) >= 11 is 0. The lowest BCUT2D eigenvalue weighted by Gasteiger charge is -2.39. The monoisotopic (exact) mass is 211 g/mol. The van der Waals surface area contributed by atoms with Crippen LogP contribution in [-0.4, -0.2) is 24.2 Å². The molecule has 0 heterocycles. The number of hydrogen-bond acceptors (Lipinski definition) is 2. The first-order valence-electron chi connectivity index (χ1n) is 5.72. The highest BCUT2D eigenvalue weighted by Gasteiger charge is 2.71. The maximum Gasteiger partial charge on any atom is 0.226 e. The van der Waals surface area contributed by atoms with Crippen molar-refractivity contribution in [2.24, 2.45) is 16.2 Å². The molecule has 3 atom stereocenters. The number of amides is 1. The Morgan fingerprint density at radius 2 is 1.93 bits per heavy atom. The lowest BCUT2D eigenvalue weighted by atomic mass is 9.64. The summed E-state index contributed by atoms with van der Waals surface area (Å²) < 4.78 is 0. The zero-order valence-corrected chi connectivity index (χ0v) is 10.1. The van der Waals surface area contributed by atoms with Gasteiger partial charge in [-0.05, 0) is 30.1 Å². The Labute approximate surface area is 91.2 Å². The molecule has 2 aliphatic rings. The second kappa shape index (κ2) is 2.76. The smallest absolute Gasteiger partial charge is 0.226 e. The summed E-state index contributed by atoms with van der Waals surface area (Å²) in [5.41, 5.74) is -0.561. The van der Waals surface area contributed by atoms with Crippen molar-refractivity contribution in [1.29, 1.82) is 0 Å². The van der Waals surface area contributed by atoms with Crippen LogP contribution in [0, 0.1) is 16.2 Å². The van der Waals surface area contributed by atoms with Crippen molar-refractivity contribution >= 4 is 5.91 Å². The first-order valence-corrected chi connectivity index (χ1v) is 5.72. The fourth-order valence-corrected chi connectivity index (χ4v) is 3.87. The van der Waals surface area contributed by atoms with Gasteiger partial charge >= 0.3 is 0 Å². The summed E-state index contributed by atoms with van der Waals surface area (Å²) in [7, 11) is 1.69. The van der Waals surface area contributed by atoms with E-state index in [1.54, 1.807) is 7.05 Å². The Morgan fingerprint density at radius 3 is 2.27 bits per heavy atom. The van der Waals surface area contributed by atoms with E-state index in [4.69, 9.17) is 0 Å². The Kier molecular flexibility index (Phi) is 2.01. The molecular weight excluding hydrogens is 190 g/mol. The predicted octanol–water partition coefficient (Wildman–Crippen LogP) is 1.31. The molecular formula is C12H21NO2. The summed E-state index contributed by atoms with van der Waals surface area (Å²) in [4.78, 5) is 12.1. The van der Waals surface area contributed by atoms with Crippen LogP contribution < -0.4 is 5.32 Å². The van der Waals surface area contributed by atoms with Crippen molar-refractivity contribution in [3.8, 4) is 0 Å². The molecule has 0 aromatic carbocycles. The number of fused-ring (bicyclic) bond motifs is 2. The van der Waals surface area contributed by atoms with Gasteiger partial charge in [-0.3, -0.25) is 4.79 Å². The van der Waals surface area contributed by atoms with Crippen LogP contribution in [0.4, 0.5) is 0 Å². The number of carbonyl (C=O) groups is 1. The Morgan fingerprint density at radius 1 is 1.33 bits per heavy atom. The second-order valence-electron chi connectivity index (χ2n) is 5.92. The van der Waals surface area contributed by atoms with Gasteiger partial charge in [0.1, 0.15) is 0 Å². The lowest BCUT2D eigenvalue weighted by Crippen LogP contribution is -2.45. The highest BCUT2D eigenvalue weighted by atomic mass is 16.3. The molecule has 0 aromatic rings. The van der Waals surface area contributed by atoms with Gasteiger partial charge in [-0.2, -0.15) is 0 Å². The van der Waals surface area contributed by atoms with E-state index >= 15 is 0 Å². The Bertz CT molecular complexity index is 313.